The lowest BCUT2D eigenvalue weighted by Crippen LogP contribution is -2.28. The van der Waals surface area contributed by atoms with Crippen LogP contribution in [0.3, 0.4) is 0 Å². The normalized spacial score (nSPS) is 20.0. The first kappa shape index (κ1) is 16.5. The predicted octanol–water partition coefficient (Wildman–Crippen LogP) is 3.04. The molecular weight excluding hydrogens is 335 g/mol. The number of fused-ring (bicyclic) bond motifs is 1. The zero-order valence-corrected chi connectivity index (χ0v) is 14.6. The highest BCUT2D eigenvalue weighted by Gasteiger charge is 2.36. The van der Waals surface area contributed by atoms with Gasteiger partial charge in [0.15, 0.2) is 5.65 Å². The lowest BCUT2D eigenvalue weighted by molar-refractivity contribution is 0.0684. The standard InChI is InChI=1S/C19H19FN4O2/c1-12-8-15(10-24-17(12)21-16(22-24)18(25)26)23-7-6-19(2,11-23)13-4-3-5-14(20)9-13/h3-5,8-10H,6-7,11H2,1-2H3,(H,25,26)/t19-/m0/s1. The number of aryl methyl sites for hydroxylation is 1. The molecule has 1 aliphatic rings. The van der Waals surface area contributed by atoms with E-state index in [0.29, 0.717) is 5.65 Å². The zero-order chi connectivity index (χ0) is 18.5. The fourth-order valence-electron chi connectivity index (χ4n) is 3.68. The molecule has 6 nitrogen and oxygen atoms in total. The number of aromatic nitrogens is 3. The average Bonchev–Trinajstić information content (AvgIpc) is 3.20. The Morgan fingerprint density at radius 2 is 2.15 bits per heavy atom. The zero-order valence-electron chi connectivity index (χ0n) is 14.6. The molecule has 0 radical (unpaired) electrons. The summed E-state index contributed by atoms with van der Waals surface area (Å²) in [5.74, 6) is -1.57. The van der Waals surface area contributed by atoms with Gasteiger partial charge in [-0.25, -0.2) is 18.7 Å². The maximum Gasteiger partial charge on any atom is 0.375 e. The van der Waals surface area contributed by atoms with Crippen LogP contribution in [0.5, 0.6) is 0 Å². The van der Waals surface area contributed by atoms with E-state index >= 15 is 0 Å². The number of carbonyl (C=O) groups is 1. The van der Waals surface area contributed by atoms with Crippen molar-refractivity contribution < 1.29 is 14.3 Å². The minimum atomic E-state index is -1.14. The Balaban J connectivity index is 1.67. The highest BCUT2D eigenvalue weighted by atomic mass is 19.1. The minimum Gasteiger partial charge on any atom is -0.475 e. The van der Waals surface area contributed by atoms with Gasteiger partial charge in [0.25, 0.3) is 5.82 Å². The fourth-order valence-corrected chi connectivity index (χ4v) is 3.68. The van der Waals surface area contributed by atoms with E-state index in [9.17, 15) is 9.18 Å². The number of nitrogens with zero attached hydrogens (tertiary/aromatic N) is 4. The first-order valence-corrected chi connectivity index (χ1v) is 8.47. The smallest absolute Gasteiger partial charge is 0.375 e. The van der Waals surface area contributed by atoms with Crippen LogP contribution in [0, 0.1) is 12.7 Å². The molecule has 0 unspecified atom stereocenters. The van der Waals surface area contributed by atoms with Crippen LogP contribution in [0.15, 0.2) is 36.5 Å². The van der Waals surface area contributed by atoms with Crippen molar-refractivity contribution in [2.24, 2.45) is 0 Å². The molecule has 2 aromatic heterocycles. The molecule has 26 heavy (non-hydrogen) atoms. The lowest BCUT2D eigenvalue weighted by Gasteiger charge is -2.26. The molecular formula is C19H19FN4O2. The highest BCUT2D eigenvalue weighted by Crippen LogP contribution is 2.37. The second-order valence-electron chi connectivity index (χ2n) is 7.13. The van der Waals surface area contributed by atoms with E-state index in [0.717, 1.165) is 36.3 Å². The number of benzene rings is 1. The van der Waals surface area contributed by atoms with Gasteiger partial charge in [-0.2, -0.15) is 0 Å². The Hall–Kier alpha value is -2.96. The van der Waals surface area contributed by atoms with E-state index in [-0.39, 0.29) is 17.1 Å². The number of aromatic carboxylic acids is 1. The van der Waals surface area contributed by atoms with Crippen LogP contribution in [0.4, 0.5) is 10.1 Å². The van der Waals surface area contributed by atoms with Crippen molar-refractivity contribution in [3.8, 4) is 0 Å². The Bertz CT molecular complexity index is 1020. The quantitative estimate of drug-likeness (QED) is 0.783. The minimum absolute atomic E-state index is 0.139. The molecule has 1 fully saturated rings. The third-order valence-corrected chi connectivity index (χ3v) is 5.15. The van der Waals surface area contributed by atoms with Gasteiger partial charge in [0, 0.05) is 18.5 Å². The van der Waals surface area contributed by atoms with Crippen LogP contribution in [-0.2, 0) is 5.41 Å². The molecule has 1 atom stereocenters. The van der Waals surface area contributed by atoms with Crippen molar-refractivity contribution in [3.05, 3.63) is 59.3 Å². The van der Waals surface area contributed by atoms with Crippen LogP contribution in [0.1, 0.15) is 35.1 Å². The van der Waals surface area contributed by atoms with Gasteiger partial charge >= 0.3 is 5.97 Å². The van der Waals surface area contributed by atoms with Crippen molar-refractivity contribution in [3.63, 3.8) is 0 Å². The largest absolute Gasteiger partial charge is 0.475 e. The summed E-state index contributed by atoms with van der Waals surface area (Å²) in [4.78, 5) is 17.4. The number of hydrogen-bond donors (Lipinski definition) is 1. The van der Waals surface area contributed by atoms with Gasteiger partial charge in [0.1, 0.15) is 5.82 Å². The number of carboxylic acid groups (broad SMARTS) is 1. The molecule has 134 valence electrons. The summed E-state index contributed by atoms with van der Waals surface area (Å²) in [6.45, 7) is 5.62. The van der Waals surface area contributed by atoms with Crippen molar-refractivity contribution in [1.29, 1.82) is 0 Å². The van der Waals surface area contributed by atoms with Gasteiger partial charge in [-0.1, -0.05) is 19.1 Å². The summed E-state index contributed by atoms with van der Waals surface area (Å²) < 4.78 is 15.1. The van der Waals surface area contributed by atoms with Gasteiger partial charge < -0.3 is 10.0 Å². The Morgan fingerprint density at radius 3 is 2.88 bits per heavy atom. The summed E-state index contributed by atoms with van der Waals surface area (Å²) in [5.41, 5.74) is 3.21. The van der Waals surface area contributed by atoms with Crippen molar-refractivity contribution in [2.75, 3.05) is 18.0 Å². The molecule has 0 saturated carbocycles. The topological polar surface area (TPSA) is 70.7 Å². The molecule has 7 heteroatoms. The third kappa shape index (κ3) is 2.69. The fraction of sp³-hybridized carbons (Fsp3) is 0.316. The van der Waals surface area contributed by atoms with Gasteiger partial charge in [0.05, 0.1) is 11.9 Å². The maximum atomic E-state index is 13.6. The van der Waals surface area contributed by atoms with Crippen molar-refractivity contribution in [2.45, 2.75) is 25.7 Å². The number of pyridine rings is 1. The molecule has 3 heterocycles. The summed E-state index contributed by atoms with van der Waals surface area (Å²) in [5, 5.41) is 13.1. The molecule has 1 N–H and O–H groups in total. The van der Waals surface area contributed by atoms with E-state index in [1.807, 2.05) is 19.1 Å². The monoisotopic (exact) mass is 354 g/mol. The number of hydrogen-bond acceptors (Lipinski definition) is 4. The first-order valence-electron chi connectivity index (χ1n) is 8.47. The molecule has 0 aliphatic carbocycles. The highest BCUT2D eigenvalue weighted by molar-refractivity contribution is 5.84. The number of halogens is 1. The van der Waals surface area contributed by atoms with Crippen LogP contribution in [0.25, 0.3) is 5.65 Å². The molecule has 3 aromatic rings. The summed E-state index contributed by atoms with van der Waals surface area (Å²) in [6.07, 6.45) is 2.71. The number of carboxylic acids is 1. The summed E-state index contributed by atoms with van der Waals surface area (Å²) in [7, 11) is 0. The van der Waals surface area contributed by atoms with E-state index in [2.05, 4.69) is 21.9 Å². The summed E-state index contributed by atoms with van der Waals surface area (Å²) in [6, 6.07) is 8.78. The second kappa shape index (κ2) is 5.79. The molecule has 1 aromatic carbocycles. The molecule has 1 aliphatic heterocycles. The Kier molecular flexibility index (Phi) is 3.68. The SMILES string of the molecule is Cc1cc(N2CC[C@](C)(c3cccc(F)c3)C2)cn2nc(C(=O)O)nc12. The van der Waals surface area contributed by atoms with Gasteiger partial charge in [0.2, 0.25) is 0 Å². The van der Waals surface area contributed by atoms with Crippen LogP contribution >= 0.6 is 0 Å². The molecule has 0 amide bonds. The summed E-state index contributed by atoms with van der Waals surface area (Å²) >= 11 is 0. The lowest BCUT2D eigenvalue weighted by atomic mass is 9.82. The number of anilines is 1. The van der Waals surface area contributed by atoms with E-state index < -0.39 is 5.97 Å². The van der Waals surface area contributed by atoms with Crippen LogP contribution in [0.2, 0.25) is 0 Å². The molecule has 4 rings (SSSR count). The number of rotatable bonds is 3. The predicted molar refractivity (Wildman–Crippen MR) is 95.3 cm³/mol. The van der Waals surface area contributed by atoms with E-state index in [1.165, 1.54) is 10.6 Å². The first-order chi connectivity index (χ1) is 12.4. The van der Waals surface area contributed by atoms with Gasteiger partial charge in [-0.15, -0.1) is 5.10 Å². The van der Waals surface area contributed by atoms with Gasteiger partial charge in [-0.05, 0) is 42.7 Å². The van der Waals surface area contributed by atoms with Crippen molar-refractivity contribution in [1.82, 2.24) is 14.6 Å². The van der Waals surface area contributed by atoms with Gasteiger partial charge in [-0.3, -0.25) is 0 Å². The average molecular weight is 354 g/mol. The van der Waals surface area contributed by atoms with Crippen molar-refractivity contribution >= 4 is 17.3 Å². The maximum absolute atomic E-state index is 13.6. The Morgan fingerprint density at radius 1 is 1.35 bits per heavy atom. The molecule has 1 saturated heterocycles. The van der Waals surface area contributed by atoms with E-state index in [4.69, 9.17) is 5.11 Å². The Labute approximate surface area is 149 Å². The van der Waals surface area contributed by atoms with Crippen LogP contribution < -0.4 is 4.90 Å². The third-order valence-electron chi connectivity index (χ3n) is 5.15. The van der Waals surface area contributed by atoms with Crippen LogP contribution in [-0.4, -0.2) is 38.8 Å². The molecule has 0 spiro atoms. The molecule has 0 bridgehead atoms. The second-order valence-corrected chi connectivity index (χ2v) is 7.13. The van der Waals surface area contributed by atoms with E-state index in [1.54, 1.807) is 18.3 Å².